The van der Waals surface area contributed by atoms with Crippen molar-refractivity contribution in [3.8, 4) is 0 Å². The molecule has 2 N–H and O–H groups in total. The number of hydrogen-bond acceptors (Lipinski definition) is 2. The van der Waals surface area contributed by atoms with Crippen molar-refractivity contribution in [3.05, 3.63) is 0 Å². The molecule has 0 atom stereocenters. The van der Waals surface area contributed by atoms with Gasteiger partial charge in [-0.2, -0.15) is 0 Å². The Bertz CT molecular complexity index is 56.9. The maximum atomic E-state index is 9.60. The van der Waals surface area contributed by atoms with E-state index in [2.05, 4.69) is 10.5 Å². The molecular formula is C3H7FNO2-. The second-order valence-electron chi connectivity index (χ2n) is 0.752. The number of nitrogens with two attached hydrogens (primary N) is 1. The molecule has 0 aromatic rings. The highest BCUT2D eigenvalue weighted by atomic mass is 19.0. The lowest BCUT2D eigenvalue weighted by Gasteiger charge is -1.89. The Balaban J connectivity index is 0. The van der Waals surface area contributed by atoms with Crippen LogP contribution in [0.15, 0.2) is 0 Å². The summed E-state index contributed by atoms with van der Waals surface area (Å²) in [5, 5.41) is 0. The number of carbonyl (C=O) groups is 1. The van der Waals surface area contributed by atoms with E-state index in [1.807, 2.05) is 0 Å². The van der Waals surface area contributed by atoms with Crippen LogP contribution in [0.1, 0.15) is 6.92 Å². The minimum absolute atomic E-state index is 0. The van der Waals surface area contributed by atoms with Gasteiger partial charge in [0.05, 0.1) is 6.61 Å². The van der Waals surface area contributed by atoms with Gasteiger partial charge in [-0.1, -0.05) is 0 Å². The molecule has 0 heterocycles. The SMILES string of the molecule is CCOC(N)=O.[F-]. The average Bonchev–Trinajstić information content (AvgIpc) is 1.35. The number of halogens is 1. The van der Waals surface area contributed by atoms with E-state index in [4.69, 9.17) is 0 Å². The summed E-state index contributed by atoms with van der Waals surface area (Å²) in [6, 6.07) is 0. The molecule has 0 rings (SSSR count). The van der Waals surface area contributed by atoms with Crippen molar-refractivity contribution < 1.29 is 14.2 Å². The molecule has 0 aromatic heterocycles. The molecule has 0 aliphatic rings. The number of ether oxygens (including phenoxy) is 1. The number of rotatable bonds is 1. The summed E-state index contributed by atoms with van der Waals surface area (Å²) >= 11 is 0. The zero-order chi connectivity index (χ0) is 4.99. The van der Waals surface area contributed by atoms with Crippen LogP contribution >= 0.6 is 0 Å². The third-order valence-corrected chi connectivity index (χ3v) is 0.287. The van der Waals surface area contributed by atoms with Gasteiger partial charge in [0.25, 0.3) is 0 Å². The average molecular weight is 108 g/mol. The van der Waals surface area contributed by atoms with Gasteiger partial charge in [-0.3, -0.25) is 0 Å². The van der Waals surface area contributed by atoms with Gasteiger partial charge in [0, 0.05) is 0 Å². The van der Waals surface area contributed by atoms with Gasteiger partial charge >= 0.3 is 6.09 Å². The highest BCUT2D eigenvalue weighted by Crippen LogP contribution is 1.66. The second-order valence-corrected chi connectivity index (χ2v) is 0.752. The predicted octanol–water partition coefficient (Wildman–Crippen LogP) is -2.89. The molecule has 0 saturated heterocycles. The first-order valence-corrected chi connectivity index (χ1v) is 1.69. The topological polar surface area (TPSA) is 52.3 Å². The molecule has 0 saturated carbocycles. The minimum atomic E-state index is -0.711. The summed E-state index contributed by atoms with van der Waals surface area (Å²) in [5.41, 5.74) is 4.54. The number of hydrogen-bond donors (Lipinski definition) is 1. The third-order valence-electron chi connectivity index (χ3n) is 0.287. The Kier molecular flexibility index (Phi) is 7.06. The van der Waals surface area contributed by atoms with Crippen LogP contribution in [0.2, 0.25) is 0 Å². The van der Waals surface area contributed by atoms with Crippen molar-refractivity contribution in [1.82, 2.24) is 0 Å². The number of amides is 1. The molecule has 0 aliphatic heterocycles. The van der Waals surface area contributed by atoms with Gasteiger partial charge in [0.2, 0.25) is 0 Å². The zero-order valence-electron chi connectivity index (χ0n) is 3.98. The Morgan fingerprint density at radius 3 is 2.29 bits per heavy atom. The second kappa shape index (κ2) is 5.20. The van der Waals surface area contributed by atoms with E-state index in [9.17, 15) is 4.79 Å². The molecule has 4 heteroatoms. The normalized spacial score (nSPS) is 6.43. The molecule has 3 nitrogen and oxygen atoms in total. The van der Waals surface area contributed by atoms with Crippen molar-refractivity contribution in [2.24, 2.45) is 5.73 Å². The lowest BCUT2D eigenvalue weighted by atomic mass is 10.9. The van der Waals surface area contributed by atoms with Crippen LogP contribution in [0.5, 0.6) is 0 Å². The van der Waals surface area contributed by atoms with E-state index in [1.165, 1.54) is 0 Å². The Morgan fingerprint density at radius 2 is 2.29 bits per heavy atom. The van der Waals surface area contributed by atoms with Crippen LogP contribution in [0, 0.1) is 0 Å². The summed E-state index contributed by atoms with van der Waals surface area (Å²) in [4.78, 5) is 9.60. The maximum Gasteiger partial charge on any atom is 0.404 e. The van der Waals surface area contributed by atoms with Crippen LogP contribution in [0.3, 0.4) is 0 Å². The Hall–Kier alpha value is -0.800. The fourth-order valence-corrected chi connectivity index (χ4v) is 0.142. The van der Waals surface area contributed by atoms with Gasteiger partial charge in [-0.05, 0) is 6.92 Å². The van der Waals surface area contributed by atoms with E-state index in [1.54, 1.807) is 6.92 Å². The highest BCUT2D eigenvalue weighted by Gasteiger charge is 1.82. The summed E-state index contributed by atoms with van der Waals surface area (Å²) in [5.74, 6) is 0. The van der Waals surface area contributed by atoms with Crippen LogP contribution in [0.25, 0.3) is 0 Å². The quantitative estimate of drug-likeness (QED) is 0.392. The van der Waals surface area contributed by atoms with E-state index in [0.29, 0.717) is 6.61 Å². The number of carbonyl (C=O) groups excluding carboxylic acids is 1. The molecule has 0 aliphatic carbocycles. The molecule has 0 fully saturated rings. The summed E-state index contributed by atoms with van der Waals surface area (Å²) < 4.78 is 4.18. The van der Waals surface area contributed by atoms with Gasteiger partial charge in [0.15, 0.2) is 0 Å². The monoisotopic (exact) mass is 108 g/mol. The molecule has 0 aromatic carbocycles. The smallest absolute Gasteiger partial charge is 0.404 e. The van der Waals surface area contributed by atoms with Crippen molar-refractivity contribution in [3.63, 3.8) is 0 Å². The van der Waals surface area contributed by atoms with Crippen molar-refractivity contribution >= 4 is 6.09 Å². The molecule has 0 bridgehead atoms. The molecule has 0 spiro atoms. The summed E-state index contributed by atoms with van der Waals surface area (Å²) in [6.07, 6.45) is -0.711. The van der Waals surface area contributed by atoms with Crippen LogP contribution < -0.4 is 10.4 Å². The van der Waals surface area contributed by atoms with Gasteiger partial charge in [-0.15, -0.1) is 0 Å². The van der Waals surface area contributed by atoms with Crippen molar-refractivity contribution in [2.45, 2.75) is 6.92 Å². The lowest BCUT2D eigenvalue weighted by Crippen LogP contribution is -3.00. The first-order chi connectivity index (χ1) is 2.77. The summed E-state index contributed by atoms with van der Waals surface area (Å²) in [6.45, 7) is 2.06. The molecule has 0 unspecified atom stereocenters. The molecule has 1 amide bonds. The maximum absolute atomic E-state index is 9.60. The molecule has 44 valence electrons. The number of primary amides is 1. The molecule has 0 radical (unpaired) electrons. The molecule has 7 heavy (non-hydrogen) atoms. The first-order valence-electron chi connectivity index (χ1n) is 1.69. The fourth-order valence-electron chi connectivity index (χ4n) is 0.142. The van der Waals surface area contributed by atoms with Crippen LogP contribution in [-0.4, -0.2) is 12.7 Å². The Morgan fingerprint density at radius 1 is 1.86 bits per heavy atom. The molecular weight excluding hydrogens is 101 g/mol. The van der Waals surface area contributed by atoms with Crippen molar-refractivity contribution in [1.29, 1.82) is 0 Å². The first kappa shape index (κ1) is 9.50. The zero-order valence-corrected chi connectivity index (χ0v) is 3.98. The largest absolute Gasteiger partial charge is 1.00 e. The Labute approximate surface area is 40.8 Å². The predicted molar refractivity (Wildman–Crippen MR) is 21.2 cm³/mol. The van der Waals surface area contributed by atoms with Crippen LogP contribution in [-0.2, 0) is 4.74 Å². The third kappa shape index (κ3) is 11.0. The van der Waals surface area contributed by atoms with Crippen molar-refractivity contribution in [2.75, 3.05) is 6.61 Å². The lowest BCUT2D eigenvalue weighted by molar-refractivity contribution is -0.00000759. The van der Waals surface area contributed by atoms with E-state index < -0.39 is 6.09 Å². The van der Waals surface area contributed by atoms with E-state index in [-0.39, 0.29) is 4.70 Å². The van der Waals surface area contributed by atoms with Gasteiger partial charge < -0.3 is 15.2 Å². The highest BCUT2D eigenvalue weighted by molar-refractivity contribution is 5.64. The summed E-state index contributed by atoms with van der Waals surface area (Å²) in [7, 11) is 0. The van der Waals surface area contributed by atoms with E-state index >= 15 is 0 Å². The van der Waals surface area contributed by atoms with Gasteiger partial charge in [-0.25, -0.2) is 4.79 Å². The standard InChI is InChI=1S/C3H7NO2.FH/c1-2-6-3(4)5;/h2H2,1H3,(H2,4,5);1H/p-1. The fraction of sp³-hybridized carbons (Fsp3) is 0.667. The van der Waals surface area contributed by atoms with Crippen LogP contribution in [0.4, 0.5) is 4.79 Å². The van der Waals surface area contributed by atoms with E-state index in [0.717, 1.165) is 0 Å². The van der Waals surface area contributed by atoms with Gasteiger partial charge in [0.1, 0.15) is 0 Å². The minimum Gasteiger partial charge on any atom is -1.00 e.